The Balaban J connectivity index is 1.56. The molecule has 3 aliphatic rings. The van der Waals surface area contributed by atoms with Crippen molar-refractivity contribution in [3.05, 3.63) is 51.7 Å². The Hall–Kier alpha value is -1.00. The summed E-state index contributed by atoms with van der Waals surface area (Å²) < 4.78 is 6.98. The van der Waals surface area contributed by atoms with Crippen molar-refractivity contribution in [2.75, 3.05) is 0 Å². The van der Waals surface area contributed by atoms with Gasteiger partial charge in [0.15, 0.2) is 0 Å². The van der Waals surface area contributed by atoms with Crippen molar-refractivity contribution in [2.45, 2.75) is 61.0 Å². The van der Waals surface area contributed by atoms with E-state index in [-0.39, 0.29) is 10.7 Å². The molecule has 2 aliphatic carbocycles. The second-order valence-electron chi connectivity index (χ2n) is 6.80. The summed E-state index contributed by atoms with van der Waals surface area (Å²) in [5.74, 6) is 0.898. The number of halogens is 1. The number of carbonyl (C=O) groups is 1. The van der Waals surface area contributed by atoms with Crippen LogP contribution in [0.25, 0.3) is 0 Å². The summed E-state index contributed by atoms with van der Waals surface area (Å²) in [5, 5.41) is 0. The van der Waals surface area contributed by atoms with Crippen LogP contribution in [0, 0.1) is 0 Å². The molecule has 2 nitrogen and oxygen atoms in total. The minimum Gasteiger partial charge on any atom is -0.431 e. The molecule has 1 heterocycles. The van der Waals surface area contributed by atoms with E-state index in [0.29, 0.717) is 6.42 Å². The fraction of sp³-hybridized carbons (Fsp3) is 0.450. The van der Waals surface area contributed by atoms with E-state index in [2.05, 4.69) is 40.2 Å². The van der Waals surface area contributed by atoms with Gasteiger partial charge in [0, 0.05) is 27.0 Å². The highest BCUT2D eigenvalue weighted by Gasteiger charge is 2.49. The highest BCUT2D eigenvalue weighted by Crippen LogP contribution is 2.60. The molecule has 0 radical (unpaired) electrons. The molecule has 0 amide bonds. The van der Waals surface area contributed by atoms with Crippen LogP contribution in [0.15, 0.2) is 56.6 Å². The number of ether oxygens (including phenoxy) is 1. The van der Waals surface area contributed by atoms with Gasteiger partial charge >= 0.3 is 5.97 Å². The Bertz CT molecular complexity index is 725. The van der Waals surface area contributed by atoms with Crippen molar-refractivity contribution in [2.24, 2.45) is 0 Å². The number of benzene rings is 1. The van der Waals surface area contributed by atoms with Gasteiger partial charge in [0.1, 0.15) is 5.76 Å². The molecule has 0 spiro atoms. The number of thioether (sulfide) groups is 1. The number of allylic oxidation sites excluding steroid dienone is 3. The van der Waals surface area contributed by atoms with Crippen molar-refractivity contribution in [3.8, 4) is 0 Å². The monoisotopic (exact) mass is 404 g/mol. The molecule has 24 heavy (non-hydrogen) atoms. The van der Waals surface area contributed by atoms with Gasteiger partial charge in [-0.05, 0) is 72.2 Å². The molecule has 0 aromatic heterocycles. The van der Waals surface area contributed by atoms with Crippen molar-refractivity contribution in [1.29, 1.82) is 0 Å². The van der Waals surface area contributed by atoms with E-state index in [1.165, 1.54) is 36.2 Å². The zero-order chi connectivity index (χ0) is 16.6. The fourth-order valence-electron chi connectivity index (χ4n) is 3.30. The molecule has 126 valence electrons. The molecule has 2 fully saturated rings. The molecule has 0 N–H and O–H groups in total. The molecule has 0 saturated heterocycles. The smallest absolute Gasteiger partial charge is 0.311 e. The van der Waals surface area contributed by atoms with Crippen molar-refractivity contribution >= 4 is 33.7 Å². The van der Waals surface area contributed by atoms with Gasteiger partial charge in [0.05, 0.1) is 0 Å². The second kappa shape index (κ2) is 6.72. The molecule has 4 rings (SSSR count). The summed E-state index contributed by atoms with van der Waals surface area (Å²) in [4.78, 5) is 13.1. The molecule has 0 atom stereocenters. The van der Waals surface area contributed by atoms with E-state index in [1.54, 1.807) is 5.57 Å². The predicted octanol–water partition coefficient (Wildman–Crippen LogP) is 6.17. The first-order valence-electron chi connectivity index (χ1n) is 8.71. The van der Waals surface area contributed by atoms with E-state index < -0.39 is 0 Å². The maximum absolute atomic E-state index is 11.8. The molecule has 1 aliphatic heterocycles. The van der Waals surface area contributed by atoms with Crippen LogP contribution in [0.2, 0.25) is 0 Å². The third-order valence-electron chi connectivity index (χ3n) is 4.89. The molecule has 4 heteroatoms. The zero-order valence-corrected chi connectivity index (χ0v) is 16.0. The minimum atomic E-state index is -0.0606. The summed E-state index contributed by atoms with van der Waals surface area (Å²) in [6.45, 7) is 0. The molecule has 0 bridgehead atoms. The molecular formula is C20H21BrO2S. The lowest BCUT2D eigenvalue weighted by molar-refractivity contribution is -0.140. The largest absolute Gasteiger partial charge is 0.431 e. The van der Waals surface area contributed by atoms with Crippen LogP contribution in [-0.4, -0.2) is 10.7 Å². The lowest BCUT2D eigenvalue weighted by Crippen LogP contribution is -2.20. The number of esters is 1. The molecule has 1 aromatic carbocycles. The van der Waals surface area contributed by atoms with Crippen molar-refractivity contribution in [1.82, 2.24) is 0 Å². The van der Waals surface area contributed by atoms with Crippen LogP contribution in [0.5, 0.6) is 0 Å². The second-order valence-corrected chi connectivity index (χ2v) is 9.08. The van der Waals surface area contributed by atoms with Crippen molar-refractivity contribution < 1.29 is 9.53 Å². The number of carbonyl (C=O) groups excluding carboxylic acids is 1. The quantitative estimate of drug-likeness (QED) is 0.419. The topological polar surface area (TPSA) is 26.3 Å². The third-order valence-corrected chi connectivity index (χ3v) is 7.47. The van der Waals surface area contributed by atoms with Crippen LogP contribution >= 0.6 is 27.7 Å². The first kappa shape index (κ1) is 16.5. The zero-order valence-electron chi connectivity index (χ0n) is 13.6. The van der Waals surface area contributed by atoms with Crippen LogP contribution in [-0.2, 0) is 9.53 Å². The standard InChI is InChI=1S/C20H21BrO2S/c21-16-5-1-2-7-18(16)24-20(12-13-20)15-10-11-19(22)23-17(15)6-3-4-14-8-9-14/h1-2,4-5,7H,3,6,8-13H2. The Labute approximate surface area is 155 Å². The normalized spacial score (nSPS) is 21.5. The van der Waals surface area contributed by atoms with Gasteiger partial charge in [0.25, 0.3) is 0 Å². The van der Waals surface area contributed by atoms with Gasteiger partial charge in [-0.1, -0.05) is 23.8 Å². The Kier molecular flexibility index (Phi) is 4.61. The summed E-state index contributed by atoms with van der Waals surface area (Å²) >= 11 is 5.60. The Morgan fingerprint density at radius 3 is 2.67 bits per heavy atom. The SMILES string of the molecule is O=C1CCC(C2(Sc3ccccc3Br)CC2)=C(CCC=C2CC2)O1. The average molecular weight is 405 g/mol. The van der Waals surface area contributed by atoms with Crippen molar-refractivity contribution in [3.63, 3.8) is 0 Å². The maximum atomic E-state index is 11.8. The van der Waals surface area contributed by atoms with E-state index in [9.17, 15) is 4.79 Å². The molecule has 0 unspecified atom stereocenters. The summed E-state index contributed by atoms with van der Waals surface area (Å²) in [6, 6.07) is 8.39. The van der Waals surface area contributed by atoms with Gasteiger partial charge < -0.3 is 4.74 Å². The lowest BCUT2D eigenvalue weighted by atomic mass is 9.98. The van der Waals surface area contributed by atoms with Crippen LogP contribution in [0.4, 0.5) is 0 Å². The molecule has 1 aromatic rings. The Morgan fingerprint density at radius 1 is 1.17 bits per heavy atom. The predicted molar refractivity (Wildman–Crippen MR) is 101 cm³/mol. The summed E-state index contributed by atoms with van der Waals surface area (Å²) in [7, 11) is 0. The molecule has 2 saturated carbocycles. The number of hydrogen-bond acceptors (Lipinski definition) is 3. The van der Waals surface area contributed by atoms with Gasteiger partial charge in [0.2, 0.25) is 0 Å². The highest BCUT2D eigenvalue weighted by molar-refractivity contribution is 9.10. The maximum Gasteiger partial charge on any atom is 0.311 e. The number of hydrogen-bond donors (Lipinski definition) is 0. The lowest BCUT2D eigenvalue weighted by Gasteiger charge is -2.26. The van der Waals surface area contributed by atoms with Crippen LogP contribution in [0.1, 0.15) is 51.4 Å². The third kappa shape index (κ3) is 3.65. The van der Waals surface area contributed by atoms with Gasteiger partial charge in [-0.15, -0.1) is 11.8 Å². The van der Waals surface area contributed by atoms with E-state index in [4.69, 9.17) is 4.74 Å². The number of cyclic esters (lactones) is 1. The fourth-order valence-corrected chi connectivity index (χ4v) is 5.21. The van der Waals surface area contributed by atoms with Gasteiger partial charge in [-0.3, -0.25) is 4.79 Å². The summed E-state index contributed by atoms with van der Waals surface area (Å²) in [6.07, 6.45) is 10.4. The van der Waals surface area contributed by atoms with Crippen LogP contribution in [0.3, 0.4) is 0 Å². The Morgan fingerprint density at radius 2 is 1.96 bits per heavy atom. The van der Waals surface area contributed by atoms with Gasteiger partial charge in [-0.25, -0.2) is 0 Å². The van der Waals surface area contributed by atoms with E-state index >= 15 is 0 Å². The van der Waals surface area contributed by atoms with E-state index in [1.807, 2.05) is 17.8 Å². The van der Waals surface area contributed by atoms with E-state index in [0.717, 1.165) is 29.5 Å². The minimum absolute atomic E-state index is 0.0606. The molecular weight excluding hydrogens is 384 g/mol. The average Bonchev–Trinajstić information content (AvgIpc) is 3.47. The number of rotatable bonds is 6. The first-order valence-corrected chi connectivity index (χ1v) is 10.3. The first-order chi connectivity index (χ1) is 11.7. The highest BCUT2D eigenvalue weighted by atomic mass is 79.9. The van der Waals surface area contributed by atoms with Gasteiger partial charge in [-0.2, -0.15) is 0 Å². The summed E-state index contributed by atoms with van der Waals surface area (Å²) in [5.41, 5.74) is 2.94. The van der Waals surface area contributed by atoms with Crippen LogP contribution < -0.4 is 0 Å².